The molecule has 0 fully saturated rings. The maximum absolute atomic E-state index is 13.0. The molecule has 7 nitrogen and oxygen atoms in total. The molecule has 0 aromatic carbocycles. The van der Waals surface area contributed by atoms with Gasteiger partial charge >= 0.3 is 0 Å². The molecule has 140 valence electrons. The largest absolute Gasteiger partial charge is 0.354 e. The molecular weight excluding hydrogens is 369 g/mol. The van der Waals surface area contributed by atoms with Crippen molar-refractivity contribution in [2.24, 2.45) is 5.41 Å². The number of nitrogens with one attached hydrogen (secondary N) is 2. The third-order valence-corrected chi connectivity index (χ3v) is 3.55. The van der Waals surface area contributed by atoms with Gasteiger partial charge in [-0.05, 0) is 29.7 Å². The van der Waals surface area contributed by atoms with Crippen molar-refractivity contribution in [1.82, 2.24) is 24.9 Å². The molecule has 0 amide bonds. The van der Waals surface area contributed by atoms with Gasteiger partial charge < -0.3 is 10.6 Å². The van der Waals surface area contributed by atoms with Gasteiger partial charge in [0.25, 0.3) is 0 Å². The first kappa shape index (κ1) is 18.9. The number of nitrogens with zero attached hydrogens (tertiary/aromatic N) is 5. The van der Waals surface area contributed by atoms with Gasteiger partial charge in [0, 0.05) is 6.54 Å². The number of hydrogen-bond acceptors (Lipinski definition) is 7. The van der Waals surface area contributed by atoms with Crippen LogP contribution in [0.4, 0.5) is 22.0 Å². The molecule has 2 N–H and O–H groups in total. The first-order chi connectivity index (χ1) is 12.8. The predicted octanol–water partition coefficient (Wildman–Crippen LogP) is 4.32. The van der Waals surface area contributed by atoms with E-state index in [9.17, 15) is 4.39 Å². The van der Waals surface area contributed by atoms with Crippen molar-refractivity contribution >= 4 is 29.2 Å². The lowest BCUT2D eigenvalue weighted by atomic mass is 9.97. The lowest BCUT2D eigenvalue weighted by Gasteiger charge is -2.19. The van der Waals surface area contributed by atoms with Crippen LogP contribution in [0.5, 0.6) is 0 Å². The standard InChI is InChI=1S/C18H19ClFN7/c1-18(2,3)10-22-16-25-15(12-5-4-6-13(19)24-12)26-17(27-16)23-11-7-8-14(20)21-9-11/h4-9H,10H2,1-3H3,(H2,22,23,25,26,27). The van der Waals surface area contributed by atoms with Gasteiger partial charge in [-0.15, -0.1) is 0 Å². The molecule has 3 heterocycles. The minimum Gasteiger partial charge on any atom is -0.354 e. The Hall–Kier alpha value is -2.87. The summed E-state index contributed by atoms with van der Waals surface area (Å²) in [5.41, 5.74) is 1.11. The van der Waals surface area contributed by atoms with Crippen LogP contribution in [0.15, 0.2) is 36.5 Å². The van der Waals surface area contributed by atoms with E-state index in [0.717, 1.165) is 0 Å². The smallest absolute Gasteiger partial charge is 0.232 e. The molecular formula is C18H19ClFN7. The molecule has 0 atom stereocenters. The van der Waals surface area contributed by atoms with Gasteiger partial charge in [-0.25, -0.2) is 9.97 Å². The summed E-state index contributed by atoms with van der Waals surface area (Å²) in [6, 6.07) is 8.01. The minimum absolute atomic E-state index is 0.0373. The summed E-state index contributed by atoms with van der Waals surface area (Å²) >= 11 is 5.98. The first-order valence-electron chi connectivity index (χ1n) is 8.30. The lowest BCUT2D eigenvalue weighted by Crippen LogP contribution is -2.21. The van der Waals surface area contributed by atoms with Crippen LogP contribution in [0, 0.1) is 11.4 Å². The van der Waals surface area contributed by atoms with Gasteiger partial charge in [0.2, 0.25) is 17.8 Å². The highest BCUT2D eigenvalue weighted by Gasteiger charge is 2.14. The van der Waals surface area contributed by atoms with Crippen molar-refractivity contribution in [2.45, 2.75) is 20.8 Å². The fourth-order valence-electron chi connectivity index (χ4n) is 2.08. The first-order valence-corrected chi connectivity index (χ1v) is 8.68. The van der Waals surface area contributed by atoms with Crippen molar-refractivity contribution < 1.29 is 4.39 Å². The summed E-state index contributed by atoms with van der Waals surface area (Å²) in [7, 11) is 0. The van der Waals surface area contributed by atoms with Crippen LogP contribution in [0.2, 0.25) is 5.15 Å². The van der Waals surface area contributed by atoms with E-state index in [-0.39, 0.29) is 11.4 Å². The molecule has 0 saturated heterocycles. The molecule has 0 aliphatic rings. The minimum atomic E-state index is -0.562. The van der Waals surface area contributed by atoms with E-state index in [1.807, 2.05) is 0 Å². The molecule has 0 aliphatic heterocycles. The molecule has 0 aliphatic carbocycles. The van der Waals surface area contributed by atoms with Gasteiger partial charge in [0.15, 0.2) is 5.82 Å². The van der Waals surface area contributed by atoms with Crippen LogP contribution in [-0.2, 0) is 0 Å². The average molecular weight is 388 g/mol. The molecule has 0 unspecified atom stereocenters. The molecule has 3 aromatic heterocycles. The zero-order valence-corrected chi connectivity index (χ0v) is 15.9. The Morgan fingerprint density at radius 1 is 1.00 bits per heavy atom. The molecule has 3 rings (SSSR count). The molecule has 9 heteroatoms. The van der Waals surface area contributed by atoms with Crippen LogP contribution >= 0.6 is 11.6 Å². The van der Waals surface area contributed by atoms with Crippen LogP contribution in [0.25, 0.3) is 11.5 Å². The van der Waals surface area contributed by atoms with E-state index in [0.29, 0.717) is 34.9 Å². The second-order valence-corrected chi connectivity index (χ2v) is 7.45. The van der Waals surface area contributed by atoms with Crippen molar-refractivity contribution in [2.75, 3.05) is 17.2 Å². The number of rotatable bonds is 5. The average Bonchev–Trinajstić information content (AvgIpc) is 2.61. The number of hydrogen-bond donors (Lipinski definition) is 2. The topological polar surface area (TPSA) is 88.5 Å². The number of pyridine rings is 2. The normalized spacial score (nSPS) is 11.3. The molecule has 0 spiro atoms. The van der Waals surface area contributed by atoms with Gasteiger partial charge in [-0.2, -0.15) is 19.3 Å². The Kier molecular flexibility index (Phi) is 5.46. The number of halogens is 2. The van der Waals surface area contributed by atoms with Gasteiger partial charge in [-0.1, -0.05) is 38.4 Å². The highest BCUT2D eigenvalue weighted by atomic mass is 35.5. The summed E-state index contributed by atoms with van der Waals surface area (Å²) in [5, 5.41) is 6.55. The predicted molar refractivity (Wildman–Crippen MR) is 103 cm³/mol. The second kappa shape index (κ2) is 7.79. The van der Waals surface area contributed by atoms with Crippen LogP contribution in [0.1, 0.15) is 20.8 Å². The Labute approximate surface area is 161 Å². The van der Waals surface area contributed by atoms with Crippen molar-refractivity contribution in [3.05, 3.63) is 47.6 Å². The summed E-state index contributed by atoms with van der Waals surface area (Å²) < 4.78 is 13.0. The molecule has 3 aromatic rings. The monoisotopic (exact) mass is 387 g/mol. The van der Waals surface area contributed by atoms with E-state index >= 15 is 0 Å². The molecule has 27 heavy (non-hydrogen) atoms. The van der Waals surface area contributed by atoms with Gasteiger partial charge in [0.1, 0.15) is 10.8 Å². The maximum Gasteiger partial charge on any atom is 0.232 e. The third-order valence-electron chi connectivity index (χ3n) is 3.34. The zero-order valence-electron chi connectivity index (χ0n) is 15.2. The van der Waals surface area contributed by atoms with Gasteiger partial charge in [-0.3, -0.25) is 0 Å². The Morgan fingerprint density at radius 2 is 1.78 bits per heavy atom. The summed E-state index contributed by atoms with van der Waals surface area (Å²) in [6.45, 7) is 6.97. The third kappa shape index (κ3) is 5.55. The molecule has 0 radical (unpaired) electrons. The van der Waals surface area contributed by atoms with E-state index in [1.165, 1.54) is 12.3 Å². The van der Waals surface area contributed by atoms with E-state index in [1.54, 1.807) is 24.3 Å². The van der Waals surface area contributed by atoms with E-state index in [4.69, 9.17) is 11.6 Å². The molecule has 0 saturated carbocycles. The van der Waals surface area contributed by atoms with Crippen molar-refractivity contribution in [3.63, 3.8) is 0 Å². The molecule has 0 bridgehead atoms. The van der Waals surface area contributed by atoms with E-state index < -0.39 is 5.95 Å². The highest BCUT2D eigenvalue weighted by Crippen LogP contribution is 2.21. The van der Waals surface area contributed by atoms with Crippen molar-refractivity contribution in [3.8, 4) is 11.5 Å². The van der Waals surface area contributed by atoms with Crippen LogP contribution in [0.3, 0.4) is 0 Å². The highest BCUT2D eigenvalue weighted by molar-refractivity contribution is 6.29. The SMILES string of the molecule is CC(C)(C)CNc1nc(Nc2ccc(F)nc2)nc(-c2cccc(Cl)n2)n1. The Bertz CT molecular complexity index is 926. The lowest BCUT2D eigenvalue weighted by molar-refractivity contribution is 0.442. The van der Waals surface area contributed by atoms with Crippen LogP contribution in [-0.4, -0.2) is 31.5 Å². The quantitative estimate of drug-likeness (QED) is 0.630. The second-order valence-electron chi connectivity index (χ2n) is 7.06. The maximum atomic E-state index is 13.0. The Morgan fingerprint density at radius 3 is 2.44 bits per heavy atom. The summed E-state index contributed by atoms with van der Waals surface area (Å²) in [4.78, 5) is 21.1. The summed E-state index contributed by atoms with van der Waals surface area (Å²) in [5.74, 6) is 0.481. The van der Waals surface area contributed by atoms with Gasteiger partial charge in [0.05, 0.1) is 11.9 Å². The number of anilines is 3. The zero-order chi connectivity index (χ0) is 19.4. The fourth-order valence-corrected chi connectivity index (χ4v) is 2.25. The Balaban J connectivity index is 1.95. The number of aromatic nitrogens is 5. The van der Waals surface area contributed by atoms with E-state index in [2.05, 4.69) is 56.3 Å². The summed E-state index contributed by atoms with van der Waals surface area (Å²) in [6.07, 6.45) is 1.36. The fraction of sp³-hybridized carbons (Fsp3) is 0.278. The van der Waals surface area contributed by atoms with Crippen molar-refractivity contribution in [1.29, 1.82) is 0 Å². The van der Waals surface area contributed by atoms with Crippen LogP contribution < -0.4 is 10.6 Å².